The number of para-hydroxylation sites is 2. The van der Waals surface area contributed by atoms with Gasteiger partial charge in [-0.2, -0.15) is 0 Å². The second-order valence-electron chi connectivity index (χ2n) is 7.79. The van der Waals surface area contributed by atoms with E-state index in [9.17, 15) is 9.59 Å². The minimum absolute atomic E-state index is 0.0173. The van der Waals surface area contributed by atoms with Crippen LogP contribution in [0.5, 0.6) is 0 Å². The van der Waals surface area contributed by atoms with Crippen molar-refractivity contribution in [2.24, 2.45) is 0 Å². The quantitative estimate of drug-likeness (QED) is 0.438. The van der Waals surface area contributed by atoms with Gasteiger partial charge in [0.15, 0.2) is 0 Å². The molecule has 0 aliphatic carbocycles. The lowest BCUT2D eigenvalue weighted by atomic mass is 9.89. The van der Waals surface area contributed by atoms with Gasteiger partial charge in [-0.3, -0.25) is 9.59 Å². The Morgan fingerprint density at radius 2 is 1.61 bits per heavy atom. The molecule has 0 saturated heterocycles. The minimum atomic E-state index is -0.175. The summed E-state index contributed by atoms with van der Waals surface area (Å²) in [6, 6.07) is 25.0. The Bertz CT molecular complexity index is 1080. The lowest BCUT2D eigenvalue weighted by Crippen LogP contribution is -2.47. The highest BCUT2D eigenvalue weighted by molar-refractivity contribution is 9.10. The van der Waals surface area contributed by atoms with Crippen molar-refractivity contribution in [3.05, 3.63) is 94.5 Å². The second kappa shape index (κ2) is 9.06. The van der Waals surface area contributed by atoms with Gasteiger partial charge in [0, 0.05) is 33.9 Å². The van der Waals surface area contributed by atoms with E-state index in [0.29, 0.717) is 18.4 Å². The molecule has 1 aliphatic heterocycles. The van der Waals surface area contributed by atoms with Gasteiger partial charge in [0.2, 0.25) is 5.91 Å². The number of hydrogen-bond acceptors (Lipinski definition) is 2. The number of rotatable bonds is 4. The van der Waals surface area contributed by atoms with Crippen molar-refractivity contribution in [1.82, 2.24) is 0 Å². The number of hydrogen-bond donors (Lipinski definition) is 0. The number of carbonyl (C=O) groups excluding carboxylic acids is 2. The third-order valence-corrected chi connectivity index (χ3v) is 6.32. The van der Waals surface area contributed by atoms with Crippen molar-refractivity contribution in [2.75, 3.05) is 9.80 Å². The average molecular weight is 477 g/mol. The SMILES string of the molecule is CCC(=O)N1c2ccccc2C(N(C(=O)c2ccc(Br)cc2)c2ccccc2)CC1C. The largest absolute Gasteiger partial charge is 0.309 e. The van der Waals surface area contributed by atoms with Crippen molar-refractivity contribution in [2.45, 2.75) is 38.8 Å². The van der Waals surface area contributed by atoms with E-state index in [2.05, 4.69) is 22.9 Å². The maximum atomic E-state index is 13.8. The number of fused-ring (bicyclic) bond motifs is 1. The fourth-order valence-electron chi connectivity index (χ4n) is 4.34. The van der Waals surface area contributed by atoms with Gasteiger partial charge in [-0.1, -0.05) is 59.3 Å². The second-order valence-corrected chi connectivity index (χ2v) is 8.71. The molecule has 0 saturated carbocycles. The van der Waals surface area contributed by atoms with Crippen LogP contribution >= 0.6 is 15.9 Å². The smallest absolute Gasteiger partial charge is 0.258 e. The molecule has 2 amide bonds. The van der Waals surface area contributed by atoms with Crippen LogP contribution in [0.3, 0.4) is 0 Å². The van der Waals surface area contributed by atoms with E-state index in [1.807, 2.05) is 95.6 Å². The summed E-state index contributed by atoms with van der Waals surface area (Å²) in [7, 11) is 0. The van der Waals surface area contributed by atoms with Gasteiger partial charge < -0.3 is 9.80 Å². The molecule has 3 aromatic rings. The number of halogens is 1. The first-order valence-corrected chi connectivity index (χ1v) is 11.4. The number of carbonyl (C=O) groups is 2. The van der Waals surface area contributed by atoms with Crippen LogP contribution in [0.25, 0.3) is 0 Å². The zero-order valence-electron chi connectivity index (χ0n) is 17.7. The fraction of sp³-hybridized carbons (Fsp3) is 0.231. The van der Waals surface area contributed by atoms with Gasteiger partial charge in [-0.15, -0.1) is 0 Å². The normalized spacial score (nSPS) is 17.7. The van der Waals surface area contributed by atoms with Gasteiger partial charge in [0.1, 0.15) is 0 Å². The molecule has 5 heteroatoms. The molecule has 0 spiro atoms. The zero-order valence-corrected chi connectivity index (χ0v) is 19.2. The lowest BCUT2D eigenvalue weighted by molar-refractivity contribution is -0.118. The van der Waals surface area contributed by atoms with Crippen LogP contribution in [0.2, 0.25) is 0 Å². The summed E-state index contributed by atoms with van der Waals surface area (Å²) in [6.45, 7) is 3.95. The van der Waals surface area contributed by atoms with E-state index in [1.165, 1.54) is 0 Å². The van der Waals surface area contributed by atoms with Crippen molar-refractivity contribution in [1.29, 1.82) is 0 Å². The van der Waals surface area contributed by atoms with Crippen molar-refractivity contribution < 1.29 is 9.59 Å². The molecule has 1 heterocycles. The van der Waals surface area contributed by atoms with Crippen LogP contribution in [0.4, 0.5) is 11.4 Å². The first-order chi connectivity index (χ1) is 15.0. The van der Waals surface area contributed by atoms with Crippen molar-refractivity contribution >= 4 is 39.1 Å². The average Bonchev–Trinajstić information content (AvgIpc) is 2.80. The number of anilines is 2. The summed E-state index contributed by atoms with van der Waals surface area (Å²) in [5.74, 6) is 0.0462. The minimum Gasteiger partial charge on any atom is -0.309 e. The first-order valence-electron chi connectivity index (χ1n) is 10.6. The van der Waals surface area contributed by atoms with Gasteiger partial charge >= 0.3 is 0 Å². The molecule has 0 bridgehead atoms. The van der Waals surface area contributed by atoms with E-state index < -0.39 is 0 Å². The summed E-state index contributed by atoms with van der Waals surface area (Å²) in [5, 5.41) is 0. The monoisotopic (exact) mass is 476 g/mol. The standard InChI is InChI=1S/C26H25BrN2O2/c1-3-25(30)28-18(2)17-24(22-11-7-8-12-23(22)28)29(21-9-5-4-6-10-21)26(31)19-13-15-20(27)16-14-19/h4-16,18,24H,3,17H2,1-2H3. The van der Waals surface area contributed by atoms with E-state index in [-0.39, 0.29) is 23.9 Å². The number of amides is 2. The zero-order chi connectivity index (χ0) is 22.0. The molecule has 158 valence electrons. The van der Waals surface area contributed by atoms with E-state index in [1.54, 1.807) is 0 Å². The molecule has 4 nitrogen and oxygen atoms in total. The van der Waals surface area contributed by atoms with Crippen LogP contribution in [0.1, 0.15) is 48.7 Å². The molecule has 2 unspecified atom stereocenters. The number of nitrogens with zero attached hydrogens (tertiary/aromatic N) is 2. The highest BCUT2D eigenvalue weighted by atomic mass is 79.9. The highest BCUT2D eigenvalue weighted by Crippen LogP contribution is 2.42. The molecule has 2 atom stereocenters. The molecular formula is C26H25BrN2O2. The Labute approximate surface area is 191 Å². The summed E-state index contributed by atoms with van der Waals surface area (Å²) in [6.07, 6.45) is 1.11. The van der Waals surface area contributed by atoms with Gasteiger partial charge in [0.05, 0.1) is 6.04 Å². The Morgan fingerprint density at radius 1 is 0.968 bits per heavy atom. The van der Waals surface area contributed by atoms with Crippen molar-refractivity contribution in [3.63, 3.8) is 0 Å². The molecule has 0 aromatic heterocycles. The molecule has 4 rings (SSSR count). The third-order valence-electron chi connectivity index (χ3n) is 5.79. The lowest BCUT2D eigenvalue weighted by Gasteiger charge is -2.43. The molecule has 0 fully saturated rings. The van der Waals surface area contributed by atoms with Gasteiger partial charge in [-0.05, 0) is 61.4 Å². The maximum Gasteiger partial charge on any atom is 0.258 e. The first kappa shape index (κ1) is 21.3. The van der Waals surface area contributed by atoms with Gasteiger partial charge in [-0.25, -0.2) is 0 Å². The topological polar surface area (TPSA) is 40.6 Å². The molecule has 31 heavy (non-hydrogen) atoms. The highest BCUT2D eigenvalue weighted by Gasteiger charge is 2.38. The van der Waals surface area contributed by atoms with Crippen LogP contribution in [0.15, 0.2) is 83.3 Å². The Morgan fingerprint density at radius 3 is 2.29 bits per heavy atom. The predicted octanol–water partition coefficient (Wildman–Crippen LogP) is 6.37. The summed E-state index contributed by atoms with van der Waals surface area (Å²) in [4.78, 5) is 30.3. The number of benzene rings is 3. The Kier molecular flexibility index (Phi) is 6.23. The fourth-order valence-corrected chi connectivity index (χ4v) is 4.60. The summed E-state index contributed by atoms with van der Waals surface area (Å²) < 4.78 is 0.931. The van der Waals surface area contributed by atoms with Crippen LogP contribution in [-0.4, -0.2) is 17.9 Å². The van der Waals surface area contributed by atoms with E-state index >= 15 is 0 Å². The van der Waals surface area contributed by atoms with E-state index in [4.69, 9.17) is 0 Å². The Balaban J connectivity index is 1.84. The van der Waals surface area contributed by atoms with Crippen LogP contribution in [0, 0.1) is 0 Å². The molecule has 1 aliphatic rings. The summed E-state index contributed by atoms with van der Waals surface area (Å²) >= 11 is 3.45. The van der Waals surface area contributed by atoms with Crippen LogP contribution < -0.4 is 9.80 Å². The maximum absolute atomic E-state index is 13.8. The van der Waals surface area contributed by atoms with E-state index in [0.717, 1.165) is 21.4 Å². The molecule has 0 N–H and O–H groups in total. The summed E-state index contributed by atoms with van der Waals surface area (Å²) in [5.41, 5.74) is 3.36. The van der Waals surface area contributed by atoms with Crippen LogP contribution in [-0.2, 0) is 4.79 Å². The molecular weight excluding hydrogens is 452 g/mol. The predicted molar refractivity (Wildman–Crippen MR) is 128 cm³/mol. The Hall–Kier alpha value is -2.92. The molecule has 3 aromatic carbocycles. The van der Waals surface area contributed by atoms with Crippen molar-refractivity contribution in [3.8, 4) is 0 Å². The third kappa shape index (κ3) is 4.15. The molecule has 0 radical (unpaired) electrons. The van der Waals surface area contributed by atoms with Gasteiger partial charge in [0.25, 0.3) is 5.91 Å².